The number of hydrogen-bond donors (Lipinski definition) is 2. The van der Waals surface area contributed by atoms with E-state index in [-0.39, 0.29) is 11.8 Å². The minimum absolute atomic E-state index is 0.214. The number of benzene rings is 4. The lowest BCUT2D eigenvalue weighted by Gasteiger charge is -2.30. The van der Waals surface area contributed by atoms with Crippen molar-refractivity contribution in [2.24, 2.45) is 0 Å². The number of aliphatic hydroxyl groups is 1. The summed E-state index contributed by atoms with van der Waals surface area (Å²) in [6, 6.07) is 18.5. The van der Waals surface area contributed by atoms with Gasteiger partial charge in [0, 0.05) is 19.5 Å². The molecule has 5 rings (SSSR count). The summed E-state index contributed by atoms with van der Waals surface area (Å²) in [4.78, 5) is 26.7. The Bertz CT molecular complexity index is 1280. The zero-order valence-electron chi connectivity index (χ0n) is 18.5. The van der Waals surface area contributed by atoms with Crippen LogP contribution in [0.2, 0.25) is 0 Å². The summed E-state index contributed by atoms with van der Waals surface area (Å²) in [6.45, 7) is 1.53. The Morgan fingerprint density at radius 2 is 1.61 bits per heavy atom. The number of nitrogens with zero attached hydrogens (tertiary/aromatic N) is 1. The van der Waals surface area contributed by atoms with Gasteiger partial charge in [0.05, 0.1) is 19.8 Å². The molecule has 170 valence electrons. The van der Waals surface area contributed by atoms with Crippen molar-refractivity contribution in [3.8, 4) is 0 Å². The molecule has 0 saturated carbocycles. The summed E-state index contributed by atoms with van der Waals surface area (Å²) in [6.07, 6.45) is 1.73. The molecular formula is C27H28N2O4. The van der Waals surface area contributed by atoms with Gasteiger partial charge in [0.2, 0.25) is 11.8 Å². The van der Waals surface area contributed by atoms with E-state index in [2.05, 4.69) is 59.9 Å². The number of aryl methyl sites for hydroxylation is 1. The molecule has 1 saturated heterocycles. The highest BCUT2D eigenvalue weighted by atomic mass is 16.5. The lowest BCUT2D eigenvalue weighted by atomic mass is 9.90. The number of rotatable bonds is 7. The molecule has 0 aromatic heterocycles. The van der Waals surface area contributed by atoms with Gasteiger partial charge in [-0.15, -0.1) is 0 Å². The normalized spacial score (nSPS) is 15.4. The molecule has 6 nitrogen and oxygen atoms in total. The fourth-order valence-corrected chi connectivity index (χ4v) is 4.91. The lowest BCUT2D eigenvalue weighted by molar-refractivity contribution is -0.141. The fraction of sp³-hybridized carbons (Fsp3) is 0.333. The molecule has 1 unspecified atom stereocenters. The second-order valence-electron chi connectivity index (χ2n) is 8.67. The van der Waals surface area contributed by atoms with Crippen LogP contribution < -0.4 is 5.32 Å². The maximum absolute atomic E-state index is 12.6. The maximum atomic E-state index is 12.6. The van der Waals surface area contributed by atoms with Gasteiger partial charge in [-0.25, -0.2) is 0 Å². The second-order valence-corrected chi connectivity index (χ2v) is 8.67. The van der Waals surface area contributed by atoms with Crippen LogP contribution in [0.3, 0.4) is 0 Å². The first-order valence-electron chi connectivity index (χ1n) is 11.6. The van der Waals surface area contributed by atoms with Crippen LogP contribution in [0.5, 0.6) is 0 Å². The van der Waals surface area contributed by atoms with Crippen molar-refractivity contribution in [2.75, 3.05) is 32.9 Å². The number of amides is 2. The van der Waals surface area contributed by atoms with E-state index in [1.165, 1.54) is 37.9 Å². The number of aliphatic hydroxyl groups excluding tert-OH is 1. The highest BCUT2D eigenvalue weighted by Gasteiger charge is 2.26. The molecule has 0 radical (unpaired) electrons. The average molecular weight is 445 g/mol. The van der Waals surface area contributed by atoms with E-state index >= 15 is 0 Å². The number of carbonyl (C=O) groups excluding carboxylic acids is 2. The molecule has 0 spiro atoms. The molecule has 4 aromatic carbocycles. The van der Waals surface area contributed by atoms with Gasteiger partial charge in [-0.2, -0.15) is 0 Å². The summed E-state index contributed by atoms with van der Waals surface area (Å²) >= 11 is 0. The van der Waals surface area contributed by atoms with Crippen LogP contribution in [0.1, 0.15) is 18.4 Å². The molecule has 1 aliphatic heterocycles. The average Bonchev–Trinajstić information content (AvgIpc) is 2.86. The monoisotopic (exact) mass is 444 g/mol. The highest BCUT2D eigenvalue weighted by molar-refractivity contribution is 6.23. The van der Waals surface area contributed by atoms with Gasteiger partial charge in [-0.1, -0.05) is 54.6 Å². The summed E-state index contributed by atoms with van der Waals surface area (Å²) in [5.41, 5.74) is 1.22. The molecule has 0 aliphatic carbocycles. The molecule has 1 heterocycles. The molecule has 4 aromatic rings. The Morgan fingerprint density at radius 3 is 2.33 bits per heavy atom. The summed E-state index contributed by atoms with van der Waals surface area (Å²) in [7, 11) is 0. The van der Waals surface area contributed by atoms with Gasteiger partial charge in [-0.3, -0.25) is 9.59 Å². The Labute approximate surface area is 192 Å². The largest absolute Gasteiger partial charge is 0.394 e. The Kier molecular flexibility index (Phi) is 6.11. The Balaban J connectivity index is 1.26. The van der Waals surface area contributed by atoms with E-state index in [0.717, 1.165) is 6.42 Å². The Hall–Kier alpha value is -3.22. The van der Waals surface area contributed by atoms with Crippen molar-refractivity contribution in [3.63, 3.8) is 0 Å². The third kappa shape index (κ3) is 4.24. The number of morpholine rings is 1. The second kappa shape index (κ2) is 9.33. The highest BCUT2D eigenvalue weighted by Crippen LogP contribution is 2.36. The zero-order chi connectivity index (χ0) is 22.8. The van der Waals surface area contributed by atoms with E-state index in [4.69, 9.17) is 4.74 Å². The van der Waals surface area contributed by atoms with Gasteiger partial charge in [0.1, 0.15) is 6.04 Å². The van der Waals surface area contributed by atoms with Crippen LogP contribution in [0.25, 0.3) is 32.3 Å². The van der Waals surface area contributed by atoms with Crippen molar-refractivity contribution in [3.05, 3.63) is 60.2 Å². The van der Waals surface area contributed by atoms with Crippen LogP contribution >= 0.6 is 0 Å². The molecule has 2 amide bonds. The van der Waals surface area contributed by atoms with Crippen molar-refractivity contribution >= 4 is 44.1 Å². The van der Waals surface area contributed by atoms with Crippen LogP contribution in [0.15, 0.2) is 54.6 Å². The quantitative estimate of drug-likeness (QED) is 0.429. The van der Waals surface area contributed by atoms with Crippen molar-refractivity contribution < 1.29 is 19.4 Å². The topological polar surface area (TPSA) is 78.9 Å². The van der Waals surface area contributed by atoms with Crippen molar-refractivity contribution in [1.29, 1.82) is 0 Å². The molecule has 2 N–H and O–H groups in total. The number of carbonyl (C=O) groups is 2. The van der Waals surface area contributed by atoms with E-state index < -0.39 is 12.6 Å². The van der Waals surface area contributed by atoms with Crippen LogP contribution in [0, 0.1) is 0 Å². The minimum Gasteiger partial charge on any atom is -0.394 e. The van der Waals surface area contributed by atoms with E-state index in [0.29, 0.717) is 39.1 Å². The van der Waals surface area contributed by atoms with Gasteiger partial charge >= 0.3 is 0 Å². The van der Waals surface area contributed by atoms with Gasteiger partial charge in [0.15, 0.2) is 0 Å². The molecule has 0 bridgehead atoms. The van der Waals surface area contributed by atoms with E-state index in [1.54, 1.807) is 4.90 Å². The zero-order valence-corrected chi connectivity index (χ0v) is 18.5. The maximum Gasteiger partial charge on any atom is 0.247 e. The van der Waals surface area contributed by atoms with Crippen molar-refractivity contribution in [2.45, 2.75) is 25.3 Å². The van der Waals surface area contributed by atoms with Gasteiger partial charge in [-0.05, 0) is 50.7 Å². The Morgan fingerprint density at radius 1 is 0.939 bits per heavy atom. The van der Waals surface area contributed by atoms with E-state index in [1.807, 2.05) is 0 Å². The molecule has 1 fully saturated rings. The third-order valence-electron chi connectivity index (χ3n) is 6.61. The minimum atomic E-state index is -0.898. The SMILES string of the molecule is O=C(CCCc1ccc2ccc3cccc4ccc1c2c34)NC(CO)C(=O)N1CCOCC1. The molecular weight excluding hydrogens is 416 g/mol. The first kappa shape index (κ1) is 21.6. The third-order valence-corrected chi connectivity index (χ3v) is 6.61. The number of hydrogen-bond acceptors (Lipinski definition) is 4. The summed E-state index contributed by atoms with van der Waals surface area (Å²) in [5, 5.41) is 19.8. The molecule has 1 atom stereocenters. The number of nitrogens with one attached hydrogen (secondary N) is 1. The number of ether oxygens (including phenoxy) is 1. The first-order chi connectivity index (χ1) is 16.2. The van der Waals surface area contributed by atoms with Crippen LogP contribution in [-0.4, -0.2) is 60.8 Å². The van der Waals surface area contributed by atoms with Crippen LogP contribution in [0.4, 0.5) is 0 Å². The van der Waals surface area contributed by atoms with Crippen molar-refractivity contribution in [1.82, 2.24) is 10.2 Å². The van der Waals surface area contributed by atoms with Gasteiger partial charge < -0.3 is 20.1 Å². The molecule has 33 heavy (non-hydrogen) atoms. The molecule has 6 heteroatoms. The van der Waals surface area contributed by atoms with Gasteiger partial charge in [0.25, 0.3) is 0 Å². The predicted molar refractivity (Wildman–Crippen MR) is 129 cm³/mol. The first-order valence-corrected chi connectivity index (χ1v) is 11.6. The van der Waals surface area contributed by atoms with E-state index in [9.17, 15) is 14.7 Å². The predicted octanol–water partition coefficient (Wildman–Crippen LogP) is 3.24. The fourth-order valence-electron chi connectivity index (χ4n) is 4.91. The molecule has 1 aliphatic rings. The lowest BCUT2D eigenvalue weighted by Crippen LogP contribution is -2.53. The van der Waals surface area contributed by atoms with Crippen LogP contribution in [-0.2, 0) is 20.7 Å². The summed E-state index contributed by atoms with van der Waals surface area (Å²) < 4.78 is 5.26. The smallest absolute Gasteiger partial charge is 0.247 e. The standard InChI is InChI=1S/C27H28N2O4/c30-17-23(27(32)29-13-15-33-16-14-29)28-24(31)6-2-3-18-7-8-21-10-9-19-4-1-5-20-11-12-22(18)26(21)25(19)20/h1,4-5,7-12,23,30H,2-3,6,13-17H2,(H,28,31). The summed E-state index contributed by atoms with van der Waals surface area (Å²) in [5.74, 6) is -0.464.